The fourth-order valence-electron chi connectivity index (χ4n) is 2.31. The first-order valence-corrected chi connectivity index (χ1v) is 9.77. The Morgan fingerprint density at radius 3 is 1.50 bits per heavy atom. The van der Waals surface area contributed by atoms with Crippen LogP contribution in [0.4, 0.5) is 0 Å². The zero-order valence-electron chi connectivity index (χ0n) is 15.0. The van der Waals surface area contributed by atoms with Crippen LogP contribution in [0.2, 0.25) is 0 Å². The molecule has 4 nitrogen and oxygen atoms in total. The van der Waals surface area contributed by atoms with E-state index >= 15 is 0 Å². The van der Waals surface area contributed by atoms with Crippen LogP contribution in [0.3, 0.4) is 0 Å². The number of phosphoric ester groups is 1. The molecular weight excluding hydrogens is 347 g/mol. The van der Waals surface area contributed by atoms with Crippen molar-refractivity contribution in [3.05, 3.63) is 89.5 Å². The van der Waals surface area contributed by atoms with E-state index in [2.05, 4.69) is 0 Å². The molecule has 0 spiro atoms. The highest BCUT2D eigenvalue weighted by atomic mass is 31.2. The zero-order chi connectivity index (χ0) is 18.6. The molecule has 0 saturated carbocycles. The predicted octanol–water partition coefficient (Wildman–Crippen LogP) is 6.26. The van der Waals surface area contributed by atoms with Gasteiger partial charge >= 0.3 is 7.82 Å². The summed E-state index contributed by atoms with van der Waals surface area (Å²) in [5.41, 5.74) is 3.14. The lowest BCUT2D eigenvalue weighted by atomic mass is 10.2. The number of rotatable bonds is 6. The molecule has 3 rings (SSSR count). The highest BCUT2D eigenvalue weighted by Crippen LogP contribution is 2.49. The van der Waals surface area contributed by atoms with Gasteiger partial charge in [0.25, 0.3) is 0 Å². The Hall–Kier alpha value is -2.71. The molecule has 0 aliphatic rings. The molecule has 0 fully saturated rings. The highest BCUT2D eigenvalue weighted by Gasteiger charge is 2.33. The standard InChI is InChI=1S/C21H21O4P/c1-16-7-11-19(12-8-16)23-26(22,24-20-13-9-17(2)10-14-20)25-21-6-4-5-18(3)15-21/h4-15H,1-3H3. The normalized spacial score (nSPS) is 11.0. The molecule has 0 aromatic heterocycles. The minimum absolute atomic E-state index is 0.415. The van der Waals surface area contributed by atoms with Crippen molar-refractivity contribution in [3.8, 4) is 17.2 Å². The maximum atomic E-state index is 13.3. The Morgan fingerprint density at radius 2 is 1.04 bits per heavy atom. The van der Waals surface area contributed by atoms with Gasteiger partial charge in [-0.15, -0.1) is 0 Å². The minimum atomic E-state index is -3.94. The van der Waals surface area contributed by atoms with Crippen LogP contribution in [0, 0.1) is 20.8 Å². The molecule has 0 N–H and O–H groups in total. The van der Waals surface area contributed by atoms with E-state index in [1.807, 2.05) is 57.2 Å². The largest absolute Gasteiger partial charge is 0.647 e. The number of hydrogen-bond donors (Lipinski definition) is 0. The minimum Gasteiger partial charge on any atom is -0.386 e. The molecule has 0 unspecified atom stereocenters. The van der Waals surface area contributed by atoms with E-state index in [1.54, 1.807) is 36.4 Å². The number of benzene rings is 3. The number of aryl methyl sites for hydroxylation is 3. The highest BCUT2D eigenvalue weighted by molar-refractivity contribution is 7.49. The second-order valence-corrected chi connectivity index (χ2v) is 7.61. The van der Waals surface area contributed by atoms with Crippen molar-refractivity contribution in [2.24, 2.45) is 0 Å². The summed E-state index contributed by atoms with van der Waals surface area (Å²) in [5, 5.41) is 0. The van der Waals surface area contributed by atoms with Gasteiger partial charge in [0.1, 0.15) is 17.2 Å². The fourth-order valence-corrected chi connectivity index (χ4v) is 3.56. The van der Waals surface area contributed by atoms with Gasteiger partial charge in [0.15, 0.2) is 0 Å². The summed E-state index contributed by atoms with van der Waals surface area (Å²) in [6.07, 6.45) is 0. The maximum Gasteiger partial charge on any atom is 0.647 e. The van der Waals surface area contributed by atoms with E-state index < -0.39 is 7.82 Å². The van der Waals surface area contributed by atoms with Crippen molar-refractivity contribution in [2.75, 3.05) is 0 Å². The van der Waals surface area contributed by atoms with Gasteiger partial charge in [-0.25, -0.2) is 0 Å². The van der Waals surface area contributed by atoms with Gasteiger partial charge < -0.3 is 13.6 Å². The van der Waals surface area contributed by atoms with Gasteiger partial charge in [-0.3, -0.25) is 0 Å². The molecule has 3 aromatic carbocycles. The predicted molar refractivity (Wildman–Crippen MR) is 103 cm³/mol. The zero-order valence-corrected chi connectivity index (χ0v) is 15.9. The maximum absolute atomic E-state index is 13.3. The molecule has 0 atom stereocenters. The van der Waals surface area contributed by atoms with Crippen LogP contribution in [-0.4, -0.2) is 0 Å². The topological polar surface area (TPSA) is 44.8 Å². The average molecular weight is 368 g/mol. The molecule has 0 aliphatic carbocycles. The van der Waals surface area contributed by atoms with Gasteiger partial charge in [-0.05, 0) is 62.7 Å². The summed E-state index contributed by atoms with van der Waals surface area (Å²) in [5.74, 6) is 1.25. The van der Waals surface area contributed by atoms with E-state index in [-0.39, 0.29) is 0 Å². The Labute approximate surface area is 154 Å². The monoisotopic (exact) mass is 368 g/mol. The summed E-state index contributed by atoms with van der Waals surface area (Å²) in [7, 11) is -3.94. The van der Waals surface area contributed by atoms with E-state index in [0.29, 0.717) is 17.2 Å². The lowest BCUT2D eigenvalue weighted by molar-refractivity contribution is 0.298. The van der Waals surface area contributed by atoms with Crippen LogP contribution < -0.4 is 13.6 Å². The van der Waals surface area contributed by atoms with Crippen LogP contribution in [0.15, 0.2) is 72.8 Å². The summed E-state index contributed by atoms with van der Waals surface area (Å²) in [6.45, 7) is 5.87. The van der Waals surface area contributed by atoms with Crippen molar-refractivity contribution in [3.63, 3.8) is 0 Å². The van der Waals surface area contributed by atoms with Crippen molar-refractivity contribution >= 4 is 7.82 Å². The third kappa shape index (κ3) is 4.90. The summed E-state index contributed by atoms with van der Waals surface area (Å²) < 4.78 is 30.3. The Kier molecular flexibility index (Phi) is 5.34. The van der Waals surface area contributed by atoms with Gasteiger partial charge in [0.2, 0.25) is 0 Å². The van der Waals surface area contributed by atoms with Crippen LogP contribution in [0.25, 0.3) is 0 Å². The summed E-state index contributed by atoms with van der Waals surface area (Å²) >= 11 is 0. The molecule has 5 heteroatoms. The van der Waals surface area contributed by atoms with Crippen LogP contribution in [0.1, 0.15) is 16.7 Å². The molecular formula is C21H21O4P. The average Bonchev–Trinajstić information content (AvgIpc) is 2.59. The van der Waals surface area contributed by atoms with Crippen molar-refractivity contribution in [1.29, 1.82) is 0 Å². The Morgan fingerprint density at radius 1 is 0.577 bits per heavy atom. The van der Waals surface area contributed by atoms with Gasteiger partial charge in [-0.1, -0.05) is 47.5 Å². The molecule has 0 heterocycles. The summed E-state index contributed by atoms with van der Waals surface area (Å²) in [6, 6.07) is 21.7. The smallest absolute Gasteiger partial charge is 0.386 e. The molecule has 0 amide bonds. The third-order valence-electron chi connectivity index (χ3n) is 3.68. The van der Waals surface area contributed by atoms with Crippen molar-refractivity contribution < 1.29 is 18.1 Å². The van der Waals surface area contributed by atoms with E-state index in [4.69, 9.17) is 13.6 Å². The molecule has 134 valence electrons. The molecule has 0 radical (unpaired) electrons. The summed E-state index contributed by atoms with van der Waals surface area (Å²) in [4.78, 5) is 0. The number of phosphoric acid groups is 1. The Balaban J connectivity index is 1.89. The van der Waals surface area contributed by atoms with Gasteiger partial charge in [0.05, 0.1) is 0 Å². The van der Waals surface area contributed by atoms with Gasteiger partial charge in [-0.2, -0.15) is 4.57 Å². The van der Waals surface area contributed by atoms with Crippen molar-refractivity contribution in [1.82, 2.24) is 0 Å². The lowest BCUT2D eigenvalue weighted by Gasteiger charge is -2.19. The number of hydrogen-bond acceptors (Lipinski definition) is 4. The first-order chi connectivity index (χ1) is 12.4. The van der Waals surface area contributed by atoms with Crippen LogP contribution >= 0.6 is 7.82 Å². The van der Waals surface area contributed by atoms with E-state index in [1.165, 1.54) is 0 Å². The molecule has 26 heavy (non-hydrogen) atoms. The third-order valence-corrected chi connectivity index (χ3v) is 4.99. The van der Waals surface area contributed by atoms with E-state index in [9.17, 15) is 4.57 Å². The van der Waals surface area contributed by atoms with Crippen LogP contribution in [0.5, 0.6) is 17.2 Å². The van der Waals surface area contributed by atoms with Crippen molar-refractivity contribution in [2.45, 2.75) is 20.8 Å². The first kappa shape index (κ1) is 18.1. The second-order valence-electron chi connectivity index (χ2n) is 6.16. The van der Waals surface area contributed by atoms with E-state index in [0.717, 1.165) is 16.7 Å². The molecule has 0 aliphatic heterocycles. The second kappa shape index (κ2) is 7.67. The molecule has 0 saturated heterocycles. The molecule has 3 aromatic rings. The fraction of sp³-hybridized carbons (Fsp3) is 0.143. The quantitative estimate of drug-likeness (QED) is 0.482. The van der Waals surface area contributed by atoms with Gasteiger partial charge in [0, 0.05) is 0 Å². The van der Waals surface area contributed by atoms with Crippen LogP contribution in [-0.2, 0) is 4.57 Å². The Bertz CT molecular complexity index is 866. The lowest BCUT2D eigenvalue weighted by Crippen LogP contribution is -2.07. The SMILES string of the molecule is Cc1ccc(OP(=O)(Oc2ccc(C)cc2)Oc2cccc(C)c2)cc1. The molecule has 0 bridgehead atoms. The first-order valence-electron chi connectivity index (χ1n) is 8.31.